The van der Waals surface area contributed by atoms with Crippen LogP contribution in [0.4, 0.5) is 14.9 Å². The Balaban J connectivity index is 1.19. The highest BCUT2D eigenvalue weighted by Gasteiger charge is 2.33. The number of nitrogens with one attached hydrogen (secondary N) is 1. The van der Waals surface area contributed by atoms with Gasteiger partial charge < -0.3 is 15.1 Å². The second-order valence-electron chi connectivity index (χ2n) is 9.70. The number of likely N-dealkylation sites (tertiary alicyclic amines) is 1. The van der Waals surface area contributed by atoms with E-state index in [1.54, 1.807) is 6.20 Å². The number of rotatable bonds is 6. The predicted octanol–water partition coefficient (Wildman–Crippen LogP) is 4.79. The van der Waals surface area contributed by atoms with E-state index in [2.05, 4.69) is 50.4 Å². The number of nitrogens with zero attached hydrogens (tertiary/aromatic N) is 4. The third-order valence-electron chi connectivity index (χ3n) is 7.09. The highest BCUT2D eigenvalue weighted by molar-refractivity contribution is 6.29. The summed E-state index contributed by atoms with van der Waals surface area (Å²) in [6.07, 6.45) is 4.97. The molecule has 0 spiro atoms. The summed E-state index contributed by atoms with van der Waals surface area (Å²) in [7, 11) is 0. The van der Waals surface area contributed by atoms with Crippen LogP contribution in [-0.4, -0.2) is 65.6 Å². The van der Waals surface area contributed by atoms with Crippen LogP contribution >= 0.6 is 11.6 Å². The summed E-state index contributed by atoms with van der Waals surface area (Å²) in [5, 5.41) is 3.03. The molecule has 0 unspecified atom stereocenters. The van der Waals surface area contributed by atoms with Crippen molar-refractivity contribution >= 4 is 23.3 Å². The molecule has 184 valence electrons. The third-order valence-corrected chi connectivity index (χ3v) is 7.36. The Morgan fingerprint density at radius 1 is 1.15 bits per heavy atom. The van der Waals surface area contributed by atoms with E-state index in [-0.39, 0.29) is 23.3 Å². The summed E-state index contributed by atoms with van der Waals surface area (Å²) in [5.41, 5.74) is 2.06. The summed E-state index contributed by atoms with van der Waals surface area (Å²) in [4.78, 5) is 23.4. The van der Waals surface area contributed by atoms with Crippen molar-refractivity contribution in [3.8, 4) is 0 Å². The number of piperidine rings is 1. The fraction of sp³-hybridized carbons (Fsp3) is 0.538. The number of piperazine rings is 1. The molecule has 1 N–H and O–H groups in total. The Hall–Kier alpha value is -2.38. The second-order valence-corrected chi connectivity index (χ2v) is 10.1. The Bertz CT molecular complexity index is 941. The lowest BCUT2D eigenvalue weighted by Gasteiger charge is -2.45. The van der Waals surface area contributed by atoms with E-state index in [1.807, 2.05) is 18.7 Å². The Labute approximate surface area is 207 Å². The fourth-order valence-corrected chi connectivity index (χ4v) is 5.37. The number of anilines is 1. The largest absolute Gasteiger partial charge is 0.366 e. The van der Waals surface area contributed by atoms with Crippen LogP contribution in [0.25, 0.3) is 0 Å². The molecule has 0 bridgehead atoms. The molecular formula is C26H35ClFN5O. The van der Waals surface area contributed by atoms with E-state index in [9.17, 15) is 9.18 Å². The van der Waals surface area contributed by atoms with Crippen LogP contribution in [0, 0.1) is 11.7 Å². The molecule has 4 rings (SSSR count). The van der Waals surface area contributed by atoms with Gasteiger partial charge in [-0.25, -0.2) is 14.2 Å². The van der Waals surface area contributed by atoms with Gasteiger partial charge in [0.05, 0.1) is 11.9 Å². The first-order chi connectivity index (χ1) is 16.4. The molecule has 1 aromatic heterocycles. The predicted molar refractivity (Wildman–Crippen MR) is 135 cm³/mol. The number of hydrogen-bond acceptors (Lipinski definition) is 4. The van der Waals surface area contributed by atoms with Crippen LogP contribution < -0.4 is 10.2 Å². The van der Waals surface area contributed by atoms with Crippen LogP contribution in [0.3, 0.4) is 0 Å². The maximum atomic E-state index is 13.8. The first-order valence-electron chi connectivity index (χ1n) is 12.3. The van der Waals surface area contributed by atoms with Gasteiger partial charge in [-0.05, 0) is 57.7 Å². The number of halogens is 2. The van der Waals surface area contributed by atoms with Gasteiger partial charge in [-0.3, -0.25) is 4.90 Å². The van der Waals surface area contributed by atoms with E-state index in [4.69, 9.17) is 11.6 Å². The van der Waals surface area contributed by atoms with Gasteiger partial charge in [0.1, 0.15) is 0 Å². The zero-order chi connectivity index (χ0) is 24.1. The number of carbonyl (C=O) groups excluding carboxylic acids is 1. The first-order valence-corrected chi connectivity index (χ1v) is 12.7. The number of pyridine rings is 1. The van der Waals surface area contributed by atoms with Crippen LogP contribution in [0.1, 0.15) is 38.7 Å². The zero-order valence-corrected chi connectivity index (χ0v) is 20.8. The maximum Gasteiger partial charge on any atom is 0.318 e. The van der Waals surface area contributed by atoms with Gasteiger partial charge in [0.2, 0.25) is 0 Å². The highest BCUT2D eigenvalue weighted by Crippen LogP contribution is 2.25. The van der Waals surface area contributed by atoms with Crippen LogP contribution in [0.2, 0.25) is 5.15 Å². The van der Waals surface area contributed by atoms with E-state index in [1.165, 1.54) is 24.5 Å². The number of hydrogen-bond donors (Lipinski definition) is 1. The van der Waals surface area contributed by atoms with E-state index in [0.717, 1.165) is 26.1 Å². The van der Waals surface area contributed by atoms with E-state index in [0.29, 0.717) is 31.2 Å². The minimum absolute atomic E-state index is 0.00344. The number of aromatic nitrogens is 1. The molecule has 1 aromatic carbocycles. The maximum absolute atomic E-state index is 13.8. The standard InChI is InChI=1S/C26H35ClFN5O/c1-19-16-32(23-14-24(28)25(27)30-15-23)17-20(2)33(19)26(34)29-11-8-21-9-12-31(13-10-21)18-22-6-4-3-5-7-22/h3-7,14-15,19-21H,8-13,16-18H2,1-2H3,(H,29,34)/t19-,20+. The normalized spacial score (nSPS) is 22.1. The molecule has 2 amide bonds. The Morgan fingerprint density at radius 3 is 2.47 bits per heavy atom. The molecule has 2 fully saturated rings. The molecule has 0 saturated carbocycles. The SMILES string of the molecule is C[C@@H]1CN(c2cnc(Cl)c(F)c2)C[C@H](C)N1C(=O)NCCC1CCN(Cc2ccccc2)CC1. The summed E-state index contributed by atoms with van der Waals surface area (Å²) in [6.45, 7) is 9.27. The first kappa shape index (κ1) is 24.7. The van der Waals surface area contributed by atoms with Gasteiger partial charge >= 0.3 is 6.03 Å². The molecular weight excluding hydrogens is 453 g/mol. The number of amides is 2. The molecule has 8 heteroatoms. The fourth-order valence-electron chi connectivity index (χ4n) is 5.27. The van der Waals surface area contributed by atoms with Crippen molar-refractivity contribution in [2.24, 2.45) is 5.92 Å². The topological polar surface area (TPSA) is 51.7 Å². The van der Waals surface area contributed by atoms with Crippen LogP contribution in [-0.2, 0) is 6.54 Å². The Kier molecular flexibility index (Phi) is 8.27. The molecule has 2 saturated heterocycles. The van der Waals surface area contributed by atoms with E-state index >= 15 is 0 Å². The minimum Gasteiger partial charge on any atom is -0.366 e. The van der Waals surface area contributed by atoms with Gasteiger partial charge in [-0.2, -0.15) is 0 Å². The summed E-state index contributed by atoms with van der Waals surface area (Å²) in [6, 6.07) is 12.0. The average molecular weight is 488 g/mol. The average Bonchev–Trinajstić information content (AvgIpc) is 2.82. The van der Waals surface area contributed by atoms with Crippen molar-refractivity contribution in [3.63, 3.8) is 0 Å². The zero-order valence-electron chi connectivity index (χ0n) is 20.1. The quantitative estimate of drug-likeness (QED) is 0.595. The second kappa shape index (κ2) is 11.4. The molecule has 6 nitrogen and oxygen atoms in total. The smallest absolute Gasteiger partial charge is 0.318 e. The lowest BCUT2D eigenvalue weighted by molar-refractivity contribution is 0.139. The lowest BCUT2D eigenvalue weighted by atomic mass is 9.93. The Morgan fingerprint density at radius 2 is 1.82 bits per heavy atom. The molecule has 2 aliphatic rings. The molecule has 3 heterocycles. The third kappa shape index (κ3) is 6.19. The lowest BCUT2D eigenvalue weighted by Crippen LogP contribution is -2.61. The van der Waals surface area contributed by atoms with Crippen molar-refractivity contribution in [1.82, 2.24) is 20.1 Å². The summed E-state index contributed by atoms with van der Waals surface area (Å²) in [5.74, 6) is 0.136. The summed E-state index contributed by atoms with van der Waals surface area (Å²) >= 11 is 5.72. The van der Waals surface area contributed by atoms with Gasteiger partial charge in [0.15, 0.2) is 11.0 Å². The number of carbonyl (C=O) groups is 1. The number of urea groups is 1. The van der Waals surface area contributed by atoms with Crippen molar-refractivity contribution in [3.05, 3.63) is 59.1 Å². The van der Waals surface area contributed by atoms with Gasteiger partial charge in [0, 0.05) is 44.3 Å². The monoisotopic (exact) mass is 487 g/mol. The highest BCUT2D eigenvalue weighted by atomic mass is 35.5. The molecule has 2 atom stereocenters. The van der Waals surface area contributed by atoms with E-state index < -0.39 is 5.82 Å². The van der Waals surface area contributed by atoms with Gasteiger partial charge in [-0.15, -0.1) is 0 Å². The number of benzene rings is 1. The van der Waals surface area contributed by atoms with Gasteiger partial charge in [0.25, 0.3) is 0 Å². The molecule has 2 aliphatic heterocycles. The van der Waals surface area contributed by atoms with Crippen molar-refractivity contribution < 1.29 is 9.18 Å². The minimum atomic E-state index is -0.523. The van der Waals surface area contributed by atoms with Crippen molar-refractivity contribution in [2.75, 3.05) is 37.6 Å². The van der Waals surface area contributed by atoms with Crippen molar-refractivity contribution in [2.45, 2.75) is 51.7 Å². The molecule has 34 heavy (non-hydrogen) atoms. The molecule has 0 radical (unpaired) electrons. The van der Waals surface area contributed by atoms with Crippen LogP contribution in [0.15, 0.2) is 42.6 Å². The summed E-state index contributed by atoms with van der Waals surface area (Å²) < 4.78 is 13.8. The van der Waals surface area contributed by atoms with Crippen molar-refractivity contribution in [1.29, 1.82) is 0 Å². The van der Waals surface area contributed by atoms with Crippen LogP contribution in [0.5, 0.6) is 0 Å². The molecule has 2 aromatic rings. The van der Waals surface area contributed by atoms with Gasteiger partial charge in [-0.1, -0.05) is 41.9 Å². The molecule has 0 aliphatic carbocycles.